The van der Waals surface area contributed by atoms with Crippen molar-refractivity contribution in [3.63, 3.8) is 0 Å². The maximum absolute atomic E-state index is 9.60. The normalized spacial score (nSPS) is 11.1. The molecule has 0 bridgehead atoms. The zero-order valence-corrected chi connectivity index (χ0v) is 7.14. The summed E-state index contributed by atoms with van der Waals surface area (Å²) >= 11 is 0. The van der Waals surface area contributed by atoms with Gasteiger partial charge in [0.2, 0.25) is 0 Å². The van der Waals surface area contributed by atoms with Gasteiger partial charge in [-0.1, -0.05) is 24.3 Å². The van der Waals surface area contributed by atoms with E-state index in [9.17, 15) is 5.11 Å². The maximum Gasteiger partial charge on any atom is 0.177 e. The standard InChI is InChI=1S/C10H6N2O2/c13-8-5-6-3-1-2-4-7(6)9-10(8)12-14-11-9/h1-5,13H. The fraction of sp³-hybridized carbons (Fsp3) is 0. The average Bonchev–Trinajstić information content (AvgIpc) is 2.67. The number of nitrogens with zero attached hydrogens (tertiary/aromatic N) is 2. The minimum Gasteiger partial charge on any atom is -0.505 e. The van der Waals surface area contributed by atoms with E-state index in [4.69, 9.17) is 0 Å². The molecule has 0 aliphatic heterocycles. The topological polar surface area (TPSA) is 59.2 Å². The first kappa shape index (κ1) is 7.32. The summed E-state index contributed by atoms with van der Waals surface area (Å²) < 4.78 is 4.59. The third kappa shape index (κ3) is 0.821. The van der Waals surface area contributed by atoms with Crippen molar-refractivity contribution in [1.82, 2.24) is 10.3 Å². The van der Waals surface area contributed by atoms with Gasteiger partial charge in [-0.2, -0.15) is 0 Å². The molecule has 0 fully saturated rings. The van der Waals surface area contributed by atoms with Gasteiger partial charge in [0.1, 0.15) is 11.3 Å². The lowest BCUT2D eigenvalue weighted by atomic mass is 10.1. The molecule has 1 heterocycles. The van der Waals surface area contributed by atoms with E-state index in [-0.39, 0.29) is 5.75 Å². The van der Waals surface area contributed by atoms with Crippen LogP contribution in [0, 0.1) is 0 Å². The summed E-state index contributed by atoms with van der Waals surface area (Å²) in [5, 5.41) is 18.8. The molecule has 3 rings (SSSR count). The maximum atomic E-state index is 9.60. The van der Waals surface area contributed by atoms with Gasteiger partial charge < -0.3 is 5.11 Å². The molecule has 0 spiro atoms. The number of rotatable bonds is 0. The summed E-state index contributed by atoms with van der Waals surface area (Å²) in [6.45, 7) is 0. The summed E-state index contributed by atoms with van der Waals surface area (Å²) in [5.74, 6) is 0.0972. The number of aromatic nitrogens is 2. The lowest BCUT2D eigenvalue weighted by molar-refractivity contribution is 0.314. The fourth-order valence-electron chi connectivity index (χ4n) is 1.59. The Balaban J connectivity index is 2.66. The molecule has 3 aromatic rings. The first-order valence-electron chi connectivity index (χ1n) is 4.19. The number of benzene rings is 2. The van der Waals surface area contributed by atoms with E-state index >= 15 is 0 Å². The Morgan fingerprint density at radius 3 is 2.79 bits per heavy atom. The molecule has 14 heavy (non-hydrogen) atoms. The van der Waals surface area contributed by atoms with Crippen LogP contribution in [0.2, 0.25) is 0 Å². The monoisotopic (exact) mass is 186 g/mol. The van der Waals surface area contributed by atoms with Gasteiger partial charge in [0.25, 0.3) is 0 Å². The molecule has 0 saturated heterocycles. The zero-order chi connectivity index (χ0) is 9.54. The van der Waals surface area contributed by atoms with Gasteiger partial charge in [0.15, 0.2) is 5.52 Å². The Bertz CT molecular complexity index is 616. The molecule has 0 amide bonds. The van der Waals surface area contributed by atoms with Gasteiger partial charge in [-0.25, -0.2) is 4.63 Å². The SMILES string of the molecule is Oc1cc2ccccc2c2nonc12. The second-order valence-corrected chi connectivity index (χ2v) is 3.08. The molecule has 1 aromatic heterocycles. The predicted molar refractivity (Wildman–Crippen MR) is 51.0 cm³/mol. The van der Waals surface area contributed by atoms with Gasteiger partial charge in [0.05, 0.1) is 0 Å². The van der Waals surface area contributed by atoms with Crippen LogP contribution in [0.3, 0.4) is 0 Å². The van der Waals surface area contributed by atoms with E-state index in [0.717, 1.165) is 10.8 Å². The number of fused-ring (bicyclic) bond motifs is 3. The van der Waals surface area contributed by atoms with Gasteiger partial charge in [0, 0.05) is 5.39 Å². The van der Waals surface area contributed by atoms with Crippen LogP contribution in [0.1, 0.15) is 0 Å². The highest BCUT2D eigenvalue weighted by atomic mass is 16.6. The Hall–Kier alpha value is -2.10. The lowest BCUT2D eigenvalue weighted by Crippen LogP contribution is -1.76. The molecule has 68 valence electrons. The molecule has 2 aromatic carbocycles. The van der Waals surface area contributed by atoms with Crippen LogP contribution in [0.15, 0.2) is 35.0 Å². The highest BCUT2D eigenvalue weighted by molar-refractivity contribution is 6.06. The molecule has 1 N–H and O–H groups in total. The van der Waals surface area contributed by atoms with E-state index in [0.29, 0.717) is 11.0 Å². The molecule has 0 atom stereocenters. The second-order valence-electron chi connectivity index (χ2n) is 3.08. The largest absolute Gasteiger partial charge is 0.505 e. The van der Waals surface area contributed by atoms with E-state index in [1.807, 2.05) is 24.3 Å². The Morgan fingerprint density at radius 1 is 1.07 bits per heavy atom. The highest BCUT2D eigenvalue weighted by Gasteiger charge is 2.09. The molecule has 0 radical (unpaired) electrons. The molecule has 0 saturated carbocycles. The first-order chi connectivity index (χ1) is 6.86. The van der Waals surface area contributed by atoms with Gasteiger partial charge in [-0.05, 0) is 21.8 Å². The minimum absolute atomic E-state index is 0.0972. The van der Waals surface area contributed by atoms with Crippen LogP contribution in [-0.4, -0.2) is 15.4 Å². The zero-order valence-electron chi connectivity index (χ0n) is 7.14. The quantitative estimate of drug-likeness (QED) is 0.584. The lowest BCUT2D eigenvalue weighted by Gasteiger charge is -1.97. The van der Waals surface area contributed by atoms with E-state index in [2.05, 4.69) is 14.9 Å². The molecule has 0 unspecified atom stereocenters. The van der Waals surface area contributed by atoms with Crippen LogP contribution in [0.5, 0.6) is 5.75 Å². The van der Waals surface area contributed by atoms with Gasteiger partial charge in [-0.15, -0.1) is 0 Å². The van der Waals surface area contributed by atoms with Crippen molar-refractivity contribution in [2.45, 2.75) is 0 Å². The molecule has 4 heteroatoms. The van der Waals surface area contributed by atoms with Crippen molar-refractivity contribution in [3.05, 3.63) is 30.3 Å². The van der Waals surface area contributed by atoms with Gasteiger partial charge in [-0.3, -0.25) is 0 Å². The van der Waals surface area contributed by atoms with Crippen molar-refractivity contribution < 1.29 is 9.74 Å². The summed E-state index contributed by atoms with van der Waals surface area (Å²) in [6, 6.07) is 9.29. The minimum atomic E-state index is 0.0972. The smallest absolute Gasteiger partial charge is 0.177 e. The number of aromatic hydroxyl groups is 1. The van der Waals surface area contributed by atoms with Crippen LogP contribution in [0.25, 0.3) is 21.8 Å². The first-order valence-corrected chi connectivity index (χ1v) is 4.19. The number of phenols is 1. The van der Waals surface area contributed by atoms with Crippen LogP contribution in [-0.2, 0) is 0 Å². The van der Waals surface area contributed by atoms with Crippen molar-refractivity contribution in [2.24, 2.45) is 0 Å². The summed E-state index contributed by atoms with van der Waals surface area (Å²) in [7, 11) is 0. The molecular formula is C10H6N2O2. The van der Waals surface area contributed by atoms with Crippen LogP contribution < -0.4 is 0 Å². The van der Waals surface area contributed by atoms with Gasteiger partial charge >= 0.3 is 0 Å². The molecule has 4 nitrogen and oxygen atoms in total. The highest BCUT2D eigenvalue weighted by Crippen LogP contribution is 2.29. The Morgan fingerprint density at radius 2 is 1.86 bits per heavy atom. The third-order valence-electron chi connectivity index (χ3n) is 2.24. The molecule has 0 aliphatic rings. The second kappa shape index (κ2) is 2.45. The average molecular weight is 186 g/mol. The van der Waals surface area contributed by atoms with E-state index < -0.39 is 0 Å². The van der Waals surface area contributed by atoms with Crippen molar-refractivity contribution in [3.8, 4) is 5.75 Å². The number of phenolic OH excluding ortho intramolecular Hbond substituents is 1. The number of hydrogen-bond acceptors (Lipinski definition) is 4. The fourth-order valence-corrected chi connectivity index (χ4v) is 1.59. The molecular weight excluding hydrogens is 180 g/mol. The van der Waals surface area contributed by atoms with Crippen LogP contribution >= 0.6 is 0 Å². The van der Waals surface area contributed by atoms with Crippen LogP contribution in [0.4, 0.5) is 0 Å². The third-order valence-corrected chi connectivity index (χ3v) is 2.24. The van der Waals surface area contributed by atoms with Crippen molar-refractivity contribution in [1.29, 1.82) is 0 Å². The summed E-state index contributed by atoms with van der Waals surface area (Å²) in [5.41, 5.74) is 1.00. The van der Waals surface area contributed by atoms with E-state index in [1.54, 1.807) is 6.07 Å². The summed E-state index contributed by atoms with van der Waals surface area (Å²) in [4.78, 5) is 0. The predicted octanol–water partition coefficient (Wildman–Crippen LogP) is 2.08. The molecule has 0 aliphatic carbocycles. The van der Waals surface area contributed by atoms with Crippen molar-refractivity contribution in [2.75, 3.05) is 0 Å². The number of hydrogen-bond donors (Lipinski definition) is 1. The Labute approximate surface area is 78.7 Å². The summed E-state index contributed by atoms with van der Waals surface area (Å²) in [6.07, 6.45) is 0. The van der Waals surface area contributed by atoms with Crippen molar-refractivity contribution >= 4 is 21.8 Å². The Kier molecular flexibility index (Phi) is 1.28. The van der Waals surface area contributed by atoms with E-state index in [1.165, 1.54) is 0 Å².